The Hall–Kier alpha value is -3.38. The van der Waals surface area contributed by atoms with Crippen molar-refractivity contribution in [2.24, 2.45) is 0 Å². The summed E-state index contributed by atoms with van der Waals surface area (Å²) in [6.45, 7) is 0.468. The maximum atomic E-state index is 12.2. The van der Waals surface area contributed by atoms with E-state index in [2.05, 4.69) is 35.3 Å². The highest BCUT2D eigenvalue weighted by Crippen LogP contribution is 2.39. The van der Waals surface area contributed by atoms with Crippen LogP contribution in [0.2, 0.25) is 0 Å². The average molecular weight is 414 g/mol. The van der Waals surface area contributed by atoms with Gasteiger partial charge in [0.15, 0.2) is 0 Å². The minimum Gasteiger partial charge on any atom is -0.489 e. The number of aromatic nitrogens is 1. The lowest BCUT2D eigenvalue weighted by molar-refractivity contribution is -0.125. The highest BCUT2D eigenvalue weighted by Gasteiger charge is 2.38. The molecule has 1 aromatic heterocycles. The molecule has 1 atom stereocenters. The number of hydrogen-bond donors (Lipinski definition) is 0. The summed E-state index contributed by atoms with van der Waals surface area (Å²) in [4.78, 5) is 29.7. The van der Waals surface area contributed by atoms with Gasteiger partial charge in [-0.3, -0.25) is 19.5 Å². The fraction of sp³-hybridized carbons (Fsp3) is 0.125. The zero-order chi connectivity index (χ0) is 20.7. The summed E-state index contributed by atoms with van der Waals surface area (Å²) in [5.74, 6) is 0.527. The van der Waals surface area contributed by atoms with E-state index in [0.29, 0.717) is 6.61 Å². The third kappa shape index (κ3) is 3.39. The van der Waals surface area contributed by atoms with Crippen molar-refractivity contribution in [2.45, 2.75) is 11.9 Å². The van der Waals surface area contributed by atoms with E-state index in [4.69, 9.17) is 4.74 Å². The molecule has 0 N–H and O–H groups in total. The molecule has 1 unspecified atom stereocenters. The normalized spacial score (nSPS) is 16.6. The number of likely N-dealkylation sites (N-methyl/N-ethyl adjacent to an activating group) is 1. The lowest BCUT2D eigenvalue weighted by Gasteiger charge is -2.10. The van der Waals surface area contributed by atoms with Crippen LogP contribution in [0.25, 0.3) is 21.7 Å². The molecule has 1 aliphatic rings. The second kappa shape index (κ2) is 7.46. The van der Waals surface area contributed by atoms with E-state index in [9.17, 15) is 9.59 Å². The molecule has 30 heavy (non-hydrogen) atoms. The van der Waals surface area contributed by atoms with Crippen molar-refractivity contribution in [1.29, 1.82) is 0 Å². The number of hydrogen-bond acceptors (Lipinski definition) is 5. The molecule has 2 amide bonds. The largest absolute Gasteiger partial charge is 0.489 e. The Bertz CT molecular complexity index is 1300. The first kappa shape index (κ1) is 18.6. The summed E-state index contributed by atoms with van der Waals surface area (Å²) < 4.78 is 5.97. The first-order valence-electron chi connectivity index (χ1n) is 9.57. The molecule has 0 bridgehead atoms. The molecule has 1 fully saturated rings. The molecular weight excluding hydrogens is 396 g/mol. The molecule has 0 spiro atoms. The van der Waals surface area contributed by atoms with Gasteiger partial charge < -0.3 is 4.74 Å². The Morgan fingerprint density at radius 2 is 1.77 bits per heavy atom. The SMILES string of the molecule is CN1C(=O)SC(c2cnc3cc(OCc4ccc5ccccc5c4)ccc3c2)C1=O. The number of rotatable bonds is 4. The van der Waals surface area contributed by atoms with E-state index in [1.807, 2.05) is 36.4 Å². The number of thioether (sulfide) groups is 1. The van der Waals surface area contributed by atoms with Crippen LogP contribution in [-0.4, -0.2) is 28.1 Å². The van der Waals surface area contributed by atoms with Crippen LogP contribution in [0.4, 0.5) is 4.79 Å². The maximum absolute atomic E-state index is 12.2. The van der Waals surface area contributed by atoms with Crippen molar-refractivity contribution in [3.05, 3.63) is 84.1 Å². The van der Waals surface area contributed by atoms with E-state index in [1.165, 1.54) is 17.8 Å². The molecule has 1 aliphatic heterocycles. The van der Waals surface area contributed by atoms with Crippen molar-refractivity contribution in [3.8, 4) is 5.75 Å². The van der Waals surface area contributed by atoms with Gasteiger partial charge >= 0.3 is 0 Å². The number of pyridine rings is 1. The summed E-state index contributed by atoms with van der Waals surface area (Å²) in [7, 11) is 1.51. The average Bonchev–Trinajstić information content (AvgIpc) is 3.04. The van der Waals surface area contributed by atoms with Gasteiger partial charge in [0.2, 0.25) is 5.91 Å². The van der Waals surface area contributed by atoms with Gasteiger partial charge in [-0.05, 0) is 57.9 Å². The first-order valence-corrected chi connectivity index (χ1v) is 10.4. The van der Waals surface area contributed by atoms with E-state index in [1.54, 1.807) is 6.20 Å². The van der Waals surface area contributed by atoms with E-state index >= 15 is 0 Å². The van der Waals surface area contributed by atoms with Gasteiger partial charge in [-0.15, -0.1) is 0 Å². The van der Waals surface area contributed by atoms with Gasteiger partial charge in [0.1, 0.15) is 17.6 Å². The fourth-order valence-electron chi connectivity index (χ4n) is 3.55. The highest BCUT2D eigenvalue weighted by atomic mass is 32.2. The maximum Gasteiger partial charge on any atom is 0.289 e. The number of carbonyl (C=O) groups is 2. The number of ether oxygens (including phenoxy) is 1. The van der Waals surface area contributed by atoms with Crippen molar-refractivity contribution in [3.63, 3.8) is 0 Å². The summed E-state index contributed by atoms with van der Waals surface area (Å²) in [6.07, 6.45) is 1.66. The topological polar surface area (TPSA) is 59.5 Å². The molecule has 4 aromatic rings. The van der Waals surface area contributed by atoms with Gasteiger partial charge in [0.25, 0.3) is 5.24 Å². The molecule has 5 rings (SSSR count). The van der Waals surface area contributed by atoms with Gasteiger partial charge in [-0.25, -0.2) is 0 Å². The number of carbonyl (C=O) groups excluding carboxylic acids is 2. The van der Waals surface area contributed by atoms with Crippen LogP contribution in [-0.2, 0) is 11.4 Å². The molecule has 0 saturated carbocycles. The van der Waals surface area contributed by atoms with E-state index in [-0.39, 0.29) is 11.1 Å². The number of amides is 2. The van der Waals surface area contributed by atoms with Crippen molar-refractivity contribution in [2.75, 3.05) is 7.05 Å². The Labute approximate surface area is 177 Å². The monoisotopic (exact) mass is 414 g/mol. The van der Waals surface area contributed by atoms with Crippen molar-refractivity contribution >= 4 is 44.6 Å². The Kier molecular flexibility index (Phi) is 4.64. The van der Waals surface area contributed by atoms with Crippen LogP contribution in [0, 0.1) is 0 Å². The standard InChI is InChI=1S/C24H18N2O3S/c1-26-23(27)22(30-24(26)28)19-11-18-8-9-20(12-21(18)25-13-19)29-14-15-6-7-16-4-2-3-5-17(16)10-15/h2-13,22H,14H2,1H3. The molecule has 0 radical (unpaired) electrons. The van der Waals surface area contributed by atoms with Gasteiger partial charge in [0.05, 0.1) is 5.52 Å². The van der Waals surface area contributed by atoms with Crippen LogP contribution in [0.3, 0.4) is 0 Å². The molecule has 5 nitrogen and oxygen atoms in total. The second-order valence-electron chi connectivity index (χ2n) is 7.25. The minimum absolute atomic E-state index is 0.207. The summed E-state index contributed by atoms with van der Waals surface area (Å²) in [5, 5.41) is 2.54. The zero-order valence-electron chi connectivity index (χ0n) is 16.2. The summed E-state index contributed by atoms with van der Waals surface area (Å²) in [6, 6.07) is 22.2. The van der Waals surface area contributed by atoms with Crippen LogP contribution < -0.4 is 4.74 Å². The first-order chi connectivity index (χ1) is 14.6. The number of benzene rings is 3. The predicted octanol–water partition coefficient (Wildman–Crippen LogP) is 5.33. The Morgan fingerprint density at radius 3 is 2.57 bits per heavy atom. The third-order valence-corrected chi connectivity index (χ3v) is 6.43. The molecule has 3 aromatic carbocycles. The third-order valence-electron chi connectivity index (χ3n) is 5.25. The van der Waals surface area contributed by atoms with E-state index < -0.39 is 5.25 Å². The van der Waals surface area contributed by atoms with Crippen LogP contribution in [0.15, 0.2) is 72.9 Å². The smallest absolute Gasteiger partial charge is 0.289 e. The molecule has 0 aliphatic carbocycles. The zero-order valence-corrected chi connectivity index (χ0v) is 17.1. The van der Waals surface area contributed by atoms with Crippen molar-refractivity contribution in [1.82, 2.24) is 9.88 Å². The molecule has 1 saturated heterocycles. The lowest BCUT2D eigenvalue weighted by Crippen LogP contribution is -2.24. The van der Waals surface area contributed by atoms with Gasteiger partial charge in [-0.1, -0.05) is 36.4 Å². The fourth-order valence-corrected chi connectivity index (χ4v) is 4.53. The number of fused-ring (bicyclic) bond motifs is 2. The minimum atomic E-state index is -0.525. The quantitative estimate of drug-likeness (QED) is 0.451. The van der Waals surface area contributed by atoms with Gasteiger partial charge in [0, 0.05) is 24.7 Å². The molecule has 2 heterocycles. The van der Waals surface area contributed by atoms with Crippen molar-refractivity contribution < 1.29 is 14.3 Å². The highest BCUT2D eigenvalue weighted by molar-refractivity contribution is 8.14. The number of imide groups is 1. The Morgan fingerprint density at radius 1 is 0.967 bits per heavy atom. The summed E-state index contributed by atoms with van der Waals surface area (Å²) >= 11 is 1.03. The molecule has 6 heteroatoms. The predicted molar refractivity (Wildman–Crippen MR) is 119 cm³/mol. The molecular formula is C24H18N2O3S. The molecule has 148 valence electrons. The van der Waals surface area contributed by atoms with Crippen LogP contribution >= 0.6 is 11.8 Å². The van der Waals surface area contributed by atoms with Crippen LogP contribution in [0.5, 0.6) is 5.75 Å². The van der Waals surface area contributed by atoms with E-state index in [0.717, 1.165) is 44.4 Å². The summed E-state index contributed by atoms with van der Waals surface area (Å²) in [5.41, 5.74) is 2.62. The van der Waals surface area contributed by atoms with Crippen LogP contribution in [0.1, 0.15) is 16.4 Å². The second-order valence-corrected chi connectivity index (χ2v) is 8.31. The Balaban J connectivity index is 1.34. The van der Waals surface area contributed by atoms with Gasteiger partial charge in [-0.2, -0.15) is 0 Å². The lowest BCUT2D eigenvalue weighted by atomic mass is 10.1. The number of nitrogens with zero attached hydrogens (tertiary/aromatic N) is 2.